The summed E-state index contributed by atoms with van der Waals surface area (Å²) >= 11 is 1.41. The number of hydrogen-bond acceptors (Lipinski definition) is 6. The SMILES string of the molecule is COc1ccccc1C(CNC(=O)Cn1cnc2sccc2c1=O)N(C)C. The number of ether oxygens (including phenoxy) is 1. The minimum Gasteiger partial charge on any atom is -0.496 e. The molecule has 0 saturated heterocycles. The Bertz CT molecular complexity index is 996. The Balaban J connectivity index is 1.71. The lowest BCUT2D eigenvalue weighted by molar-refractivity contribution is -0.121. The van der Waals surface area contributed by atoms with E-state index in [2.05, 4.69) is 10.3 Å². The van der Waals surface area contributed by atoms with Gasteiger partial charge in [0.1, 0.15) is 17.1 Å². The van der Waals surface area contributed by atoms with Crippen LogP contribution in [-0.2, 0) is 11.3 Å². The number of aromatic nitrogens is 2. The van der Waals surface area contributed by atoms with Crippen molar-refractivity contribution in [1.29, 1.82) is 0 Å². The number of carbonyl (C=O) groups is 1. The van der Waals surface area contributed by atoms with Gasteiger partial charge in [-0.1, -0.05) is 18.2 Å². The van der Waals surface area contributed by atoms with Crippen molar-refractivity contribution in [2.24, 2.45) is 0 Å². The molecule has 0 aliphatic carbocycles. The van der Waals surface area contributed by atoms with Gasteiger partial charge in [-0.2, -0.15) is 0 Å². The predicted octanol–water partition coefficient (Wildman–Crippen LogP) is 1.89. The van der Waals surface area contributed by atoms with Gasteiger partial charge in [-0.25, -0.2) is 4.98 Å². The van der Waals surface area contributed by atoms with Crippen molar-refractivity contribution in [3.05, 3.63) is 58.0 Å². The van der Waals surface area contributed by atoms with Crippen molar-refractivity contribution in [3.8, 4) is 5.75 Å². The third-order valence-corrected chi connectivity index (χ3v) is 5.20. The van der Waals surface area contributed by atoms with Crippen LogP contribution in [0.3, 0.4) is 0 Å². The average molecular weight is 386 g/mol. The standard InChI is InChI=1S/C19H22N4O3S/c1-22(2)15(13-6-4-5-7-16(13)26-3)10-20-17(24)11-23-12-21-18-14(19(23)25)8-9-27-18/h4-9,12,15H,10-11H2,1-3H3,(H,20,24). The Morgan fingerprint density at radius 2 is 2.11 bits per heavy atom. The summed E-state index contributed by atoms with van der Waals surface area (Å²) in [6.07, 6.45) is 1.42. The molecule has 8 heteroatoms. The molecule has 1 N–H and O–H groups in total. The van der Waals surface area contributed by atoms with E-state index in [1.807, 2.05) is 48.6 Å². The van der Waals surface area contributed by atoms with Crippen LogP contribution in [0, 0.1) is 0 Å². The summed E-state index contributed by atoms with van der Waals surface area (Å²) in [7, 11) is 5.52. The van der Waals surface area contributed by atoms with Gasteiger partial charge >= 0.3 is 0 Å². The van der Waals surface area contributed by atoms with Gasteiger partial charge in [0.05, 0.1) is 24.9 Å². The van der Waals surface area contributed by atoms with Crippen LogP contribution < -0.4 is 15.6 Å². The molecule has 0 aliphatic heterocycles. The Morgan fingerprint density at radius 3 is 2.85 bits per heavy atom. The molecule has 3 aromatic rings. The number of methoxy groups -OCH3 is 1. The minimum absolute atomic E-state index is 0.0562. The van der Waals surface area contributed by atoms with Crippen molar-refractivity contribution in [2.45, 2.75) is 12.6 Å². The Morgan fingerprint density at radius 1 is 1.33 bits per heavy atom. The summed E-state index contributed by atoms with van der Waals surface area (Å²) in [5.74, 6) is 0.531. The van der Waals surface area contributed by atoms with Crippen LogP contribution >= 0.6 is 11.3 Å². The molecule has 1 amide bonds. The van der Waals surface area contributed by atoms with Crippen molar-refractivity contribution in [2.75, 3.05) is 27.7 Å². The molecule has 142 valence electrons. The molecule has 0 spiro atoms. The van der Waals surface area contributed by atoms with Crippen molar-refractivity contribution in [3.63, 3.8) is 0 Å². The van der Waals surface area contributed by atoms with E-state index in [4.69, 9.17) is 4.74 Å². The molecule has 2 aromatic heterocycles. The van der Waals surface area contributed by atoms with Gasteiger partial charge in [-0.3, -0.25) is 14.2 Å². The number of fused-ring (bicyclic) bond motifs is 1. The lowest BCUT2D eigenvalue weighted by Crippen LogP contribution is -2.38. The van der Waals surface area contributed by atoms with Crippen molar-refractivity contribution in [1.82, 2.24) is 19.8 Å². The Hall–Kier alpha value is -2.71. The maximum absolute atomic E-state index is 12.4. The predicted molar refractivity (Wildman–Crippen MR) is 106 cm³/mol. The van der Waals surface area contributed by atoms with Gasteiger partial charge in [0.25, 0.3) is 5.56 Å². The fourth-order valence-electron chi connectivity index (χ4n) is 2.94. The highest BCUT2D eigenvalue weighted by Crippen LogP contribution is 2.27. The highest BCUT2D eigenvalue weighted by molar-refractivity contribution is 7.16. The highest BCUT2D eigenvalue weighted by atomic mass is 32.1. The van der Waals surface area contributed by atoms with Crippen LogP contribution in [0.2, 0.25) is 0 Å². The summed E-state index contributed by atoms with van der Waals surface area (Å²) in [4.78, 5) is 31.7. The first-order chi connectivity index (χ1) is 13.0. The van der Waals surface area contributed by atoms with Crippen LogP contribution in [0.5, 0.6) is 5.75 Å². The number of nitrogens with zero attached hydrogens (tertiary/aromatic N) is 3. The second-order valence-electron chi connectivity index (χ2n) is 6.34. The topological polar surface area (TPSA) is 76.5 Å². The Kier molecular flexibility index (Phi) is 5.88. The number of thiophene rings is 1. The molecule has 0 fully saturated rings. The van der Waals surface area contributed by atoms with Gasteiger partial charge in [-0.05, 0) is 31.6 Å². The van der Waals surface area contributed by atoms with Crippen LogP contribution in [0.25, 0.3) is 10.2 Å². The van der Waals surface area contributed by atoms with E-state index in [0.717, 1.165) is 11.3 Å². The summed E-state index contributed by atoms with van der Waals surface area (Å²) in [6, 6.07) is 9.40. The third-order valence-electron chi connectivity index (χ3n) is 4.38. The summed E-state index contributed by atoms with van der Waals surface area (Å²) < 4.78 is 6.77. The maximum atomic E-state index is 12.4. The first-order valence-electron chi connectivity index (χ1n) is 8.50. The monoisotopic (exact) mass is 386 g/mol. The molecule has 1 unspecified atom stereocenters. The zero-order valence-corrected chi connectivity index (χ0v) is 16.3. The molecule has 0 aliphatic rings. The van der Waals surface area contributed by atoms with Gasteiger partial charge in [0.2, 0.25) is 5.91 Å². The Labute approximate surface area is 161 Å². The second-order valence-corrected chi connectivity index (χ2v) is 7.24. The molecule has 27 heavy (non-hydrogen) atoms. The summed E-state index contributed by atoms with van der Waals surface area (Å²) in [5, 5.41) is 5.27. The van der Waals surface area contributed by atoms with Crippen LogP contribution in [-0.4, -0.2) is 48.1 Å². The van der Waals surface area contributed by atoms with Crippen LogP contribution in [0.1, 0.15) is 11.6 Å². The summed E-state index contributed by atoms with van der Waals surface area (Å²) in [5.41, 5.74) is 0.786. The number of amides is 1. The van der Waals surface area contributed by atoms with E-state index >= 15 is 0 Å². The number of carbonyl (C=O) groups excluding carboxylic acids is 1. The number of benzene rings is 1. The molecule has 0 bridgehead atoms. The molecular formula is C19H22N4O3S. The first kappa shape index (κ1) is 19.1. The highest BCUT2D eigenvalue weighted by Gasteiger charge is 2.19. The molecular weight excluding hydrogens is 364 g/mol. The van der Waals surface area contributed by atoms with E-state index in [1.165, 1.54) is 22.2 Å². The van der Waals surface area contributed by atoms with Gasteiger partial charge in [0, 0.05) is 12.1 Å². The van der Waals surface area contributed by atoms with E-state index in [1.54, 1.807) is 13.2 Å². The fraction of sp³-hybridized carbons (Fsp3) is 0.316. The van der Waals surface area contributed by atoms with Gasteiger partial charge in [-0.15, -0.1) is 11.3 Å². The van der Waals surface area contributed by atoms with Crippen molar-refractivity contribution < 1.29 is 9.53 Å². The van der Waals surface area contributed by atoms with Crippen LogP contribution in [0.15, 0.2) is 46.8 Å². The lowest BCUT2D eigenvalue weighted by atomic mass is 10.0. The maximum Gasteiger partial charge on any atom is 0.262 e. The largest absolute Gasteiger partial charge is 0.496 e. The second kappa shape index (κ2) is 8.32. The van der Waals surface area contributed by atoms with Gasteiger partial charge in [0.15, 0.2) is 0 Å². The number of likely N-dealkylation sites (N-methyl/N-ethyl adjacent to an activating group) is 1. The molecule has 1 atom stereocenters. The zero-order chi connectivity index (χ0) is 19.4. The normalized spacial score (nSPS) is 12.3. The van der Waals surface area contributed by atoms with E-state index in [9.17, 15) is 9.59 Å². The van der Waals surface area contributed by atoms with E-state index in [0.29, 0.717) is 16.8 Å². The molecule has 0 radical (unpaired) electrons. The molecule has 7 nitrogen and oxygen atoms in total. The quantitative estimate of drug-likeness (QED) is 0.671. The molecule has 1 aromatic carbocycles. The van der Waals surface area contributed by atoms with E-state index < -0.39 is 0 Å². The molecule has 0 saturated carbocycles. The number of para-hydroxylation sites is 1. The third kappa shape index (κ3) is 4.17. The average Bonchev–Trinajstić information content (AvgIpc) is 3.14. The number of hydrogen-bond donors (Lipinski definition) is 1. The molecule has 3 rings (SSSR count). The fourth-order valence-corrected chi connectivity index (χ4v) is 3.66. The molecule has 2 heterocycles. The first-order valence-corrected chi connectivity index (χ1v) is 9.38. The zero-order valence-electron chi connectivity index (χ0n) is 15.5. The minimum atomic E-state index is -0.241. The van der Waals surface area contributed by atoms with E-state index in [-0.39, 0.29) is 24.1 Å². The smallest absolute Gasteiger partial charge is 0.262 e. The number of nitrogens with one attached hydrogen (secondary N) is 1. The summed E-state index contributed by atoms with van der Waals surface area (Å²) in [6.45, 7) is 0.332. The lowest BCUT2D eigenvalue weighted by Gasteiger charge is -2.26. The van der Waals surface area contributed by atoms with Crippen LogP contribution in [0.4, 0.5) is 0 Å². The van der Waals surface area contributed by atoms with Gasteiger partial charge < -0.3 is 15.0 Å². The van der Waals surface area contributed by atoms with Crippen molar-refractivity contribution >= 4 is 27.5 Å². The number of rotatable bonds is 7.